The molecule has 2 aromatic rings. The zero-order chi connectivity index (χ0) is 20.8. The van der Waals surface area contributed by atoms with Crippen molar-refractivity contribution in [1.82, 2.24) is 0 Å². The van der Waals surface area contributed by atoms with Crippen LogP contribution in [0.3, 0.4) is 0 Å². The molecule has 0 saturated heterocycles. The number of alkyl halides is 3. The molecule has 2 atom stereocenters. The molecule has 2 N–H and O–H groups in total. The molecule has 0 radical (unpaired) electrons. The molecule has 8 heteroatoms. The summed E-state index contributed by atoms with van der Waals surface area (Å²) in [6.07, 6.45) is -4.10. The van der Waals surface area contributed by atoms with Gasteiger partial charge in [0.05, 0.1) is 25.7 Å². The van der Waals surface area contributed by atoms with Crippen molar-refractivity contribution < 1.29 is 32.2 Å². The SMILES string of the molecule is COC(=O)C[C@@H]1COc2cc(O[C@@H]3CCc4c(C(F)(F)F)ccc(N)c43)ccc21. The van der Waals surface area contributed by atoms with Gasteiger partial charge in [0.2, 0.25) is 0 Å². The first-order valence-corrected chi connectivity index (χ1v) is 9.26. The Morgan fingerprint density at radius 3 is 2.79 bits per heavy atom. The van der Waals surface area contributed by atoms with Crippen LogP contribution >= 0.6 is 0 Å². The van der Waals surface area contributed by atoms with Gasteiger partial charge in [0, 0.05) is 28.8 Å². The minimum absolute atomic E-state index is 0.0938. The molecule has 1 heterocycles. The number of carbonyl (C=O) groups excluding carboxylic acids is 1. The molecule has 2 aliphatic rings. The highest BCUT2D eigenvalue weighted by molar-refractivity contribution is 5.71. The minimum atomic E-state index is -4.43. The number of esters is 1. The van der Waals surface area contributed by atoms with Crippen LogP contribution in [0.25, 0.3) is 0 Å². The number of methoxy groups -OCH3 is 1. The van der Waals surface area contributed by atoms with E-state index in [2.05, 4.69) is 0 Å². The number of hydrogen-bond acceptors (Lipinski definition) is 5. The second-order valence-corrected chi connectivity index (χ2v) is 7.23. The molecule has 0 fully saturated rings. The Hall–Kier alpha value is -2.90. The van der Waals surface area contributed by atoms with E-state index in [1.165, 1.54) is 13.2 Å². The molecular formula is C21H20F3NO4. The number of rotatable bonds is 4. The average molecular weight is 407 g/mol. The van der Waals surface area contributed by atoms with Crippen molar-refractivity contribution in [3.63, 3.8) is 0 Å². The predicted molar refractivity (Wildman–Crippen MR) is 98.9 cm³/mol. The standard InChI is InChI=1S/C21H20F3NO4/c1-27-19(26)8-11-10-28-18-9-12(2-3-13(11)18)29-17-7-4-14-15(21(22,23)24)5-6-16(25)20(14)17/h2-3,5-6,9,11,17H,4,7-8,10,25H2,1H3/t11-,17-/m1/s1. The highest BCUT2D eigenvalue weighted by Gasteiger charge is 2.39. The van der Waals surface area contributed by atoms with Crippen molar-refractivity contribution in [2.24, 2.45) is 0 Å². The molecule has 0 unspecified atom stereocenters. The van der Waals surface area contributed by atoms with E-state index in [9.17, 15) is 18.0 Å². The summed E-state index contributed by atoms with van der Waals surface area (Å²) >= 11 is 0. The van der Waals surface area contributed by atoms with E-state index in [4.69, 9.17) is 19.9 Å². The molecule has 1 aliphatic carbocycles. The van der Waals surface area contributed by atoms with Gasteiger partial charge >= 0.3 is 12.1 Å². The highest BCUT2D eigenvalue weighted by atomic mass is 19.4. The first-order chi connectivity index (χ1) is 13.8. The Bertz CT molecular complexity index is 958. The van der Waals surface area contributed by atoms with Gasteiger partial charge in [-0.05, 0) is 36.6 Å². The fraction of sp³-hybridized carbons (Fsp3) is 0.381. The maximum Gasteiger partial charge on any atom is 0.416 e. The fourth-order valence-electron chi connectivity index (χ4n) is 4.08. The molecule has 2 aromatic carbocycles. The normalized spacial score (nSPS) is 20.0. The van der Waals surface area contributed by atoms with Crippen molar-refractivity contribution in [1.29, 1.82) is 0 Å². The smallest absolute Gasteiger partial charge is 0.416 e. The summed E-state index contributed by atoms with van der Waals surface area (Å²) in [6.45, 7) is 0.363. The lowest BCUT2D eigenvalue weighted by Crippen LogP contribution is -2.12. The largest absolute Gasteiger partial charge is 0.492 e. The Kier molecular flexibility index (Phi) is 4.80. The Morgan fingerprint density at radius 1 is 1.28 bits per heavy atom. The molecule has 0 aromatic heterocycles. The van der Waals surface area contributed by atoms with Gasteiger partial charge in [0.1, 0.15) is 17.6 Å². The number of benzene rings is 2. The van der Waals surface area contributed by atoms with Crippen LogP contribution < -0.4 is 15.2 Å². The van der Waals surface area contributed by atoms with Crippen LogP contribution in [0.2, 0.25) is 0 Å². The zero-order valence-electron chi connectivity index (χ0n) is 15.7. The third-order valence-electron chi connectivity index (χ3n) is 5.46. The van der Waals surface area contributed by atoms with E-state index in [0.29, 0.717) is 35.8 Å². The molecule has 0 amide bonds. The number of halogens is 3. The zero-order valence-corrected chi connectivity index (χ0v) is 15.7. The Morgan fingerprint density at radius 2 is 2.07 bits per heavy atom. The van der Waals surface area contributed by atoms with Crippen molar-refractivity contribution >= 4 is 11.7 Å². The van der Waals surface area contributed by atoms with Crippen LogP contribution in [0.4, 0.5) is 18.9 Å². The predicted octanol–water partition coefficient (Wildman–Crippen LogP) is 4.39. The molecule has 0 saturated carbocycles. The lowest BCUT2D eigenvalue weighted by Gasteiger charge is -2.19. The summed E-state index contributed by atoms with van der Waals surface area (Å²) in [5, 5.41) is 0. The fourth-order valence-corrected chi connectivity index (χ4v) is 4.08. The lowest BCUT2D eigenvalue weighted by molar-refractivity contribution is -0.141. The molecule has 4 rings (SSSR count). The van der Waals surface area contributed by atoms with E-state index < -0.39 is 17.8 Å². The third-order valence-corrected chi connectivity index (χ3v) is 5.46. The maximum absolute atomic E-state index is 13.3. The topological polar surface area (TPSA) is 70.8 Å². The number of nitrogens with two attached hydrogens (primary N) is 1. The number of carbonyl (C=O) groups is 1. The third kappa shape index (κ3) is 3.59. The van der Waals surface area contributed by atoms with Crippen LogP contribution in [-0.2, 0) is 22.1 Å². The molecule has 154 valence electrons. The first-order valence-electron chi connectivity index (χ1n) is 9.26. The van der Waals surface area contributed by atoms with E-state index in [1.807, 2.05) is 6.07 Å². The molecule has 0 spiro atoms. The Labute approximate surface area is 165 Å². The van der Waals surface area contributed by atoms with Gasteiger partial charge in [-0.15, -0.1) is 0 Å². The molecular weight excluding hydrogens is 387 g/mol. The van der Waals surface area contributed by atoms with Gasteiger partial charge in [-0.1, -0.05) is 6.07 Å². The summed E-state index contributed by atoms with van der Waals surface area (Å²) in [5.41, 5.74) is 7.12. The van der Waals surface area contributed by atoms with Crippen LogP contribution in [0.1, 0.15) is 47.1 Å². The van der Waals surface area contributed by atoms with Crippen LogP contribution in [0.5, 0.6) is 11.5 Å². The average Bonchev–Trinajstić information content (AvgIpc) is 3.26. The number of hydrogen-bond donors (Lipinski definition) is 1. The Balaban J connectivity index is 1.57. The van der Waals surface area contributed by atoms with E-state index >= 15 is 0 Å². The summed E-state index contributed by atoms with van der Waals surface area (Å²) in [6, 6.07) is 7.57. The second-order valence-electron chi connectivity index (χ2n) is 7.23. The quantitative estimate of drug-likeness (QED) is 0.601. The summed E-state index contributed by atoms with van der Waals surface area (Å²) in [4.78, 5) is 11.5. The number of ether oxygens (including phenoxy) is 3. The highest BCUT2D eigenvalue weighted by Crippen LogP contribution is 2.46. The lowest BCUT2D eigenvalue weighted by atomic mass is 9.98. The van der Waals surface area contributed by atoms with Gasteiger partial charge in [-0.2, -0.15) is 13.2 Å². The maximum atomic E-state index is 13.3. The minimum Gasteiger partial charge on any atom is -0.492 e. The molecule has 5 nitrogen and oxygen atoms in total. The van der Waals surface area contributed by atoms with Crippen molar-refractivity contribution in [3.8, 4) is 11.5 Å². The number of fused-ring (bicyclic) bond motifs is 2. The number of anilines is 1. The van der Waals surface area contributed by atoms with Crippen LogP contribution in [0.15, 0.2) is 30.3 Å². The first kappa shape index (κ1) is 19.4. The summed E-state index contributed by atoms with van der Waals surface area (Å²) in [5.74, 6) is 0.678. The van der Waals surface area contributed by atoms with Crippen molar-refractivity contribution in [2.45, 2.75) is 37.5 Å². The van der Waals surface area contributed by atoms with Gasteiger partial charge in [-0.25, -0.2) is 0 Å². The van der Waals surface area contributed by atoms with Gasteiger partial charge in [-0.3, -0.25) is 4.79 Å². The van der Waals surface area contributed by atoms with E-state index in [1.54, 1.807) is 12.1 Å². The number of nitrogen functional groups attached to an aromatic ring is 1. The van der Waals surface area contributed by atoms with Crippen LogP contribution in [0, 0.1) is 0 Å². The van der Waals surface area contributed by atoms with Gasteiger partial charge in [0.25, 0.3) is 0 Å². The summed E-state index contributed by atoms with van der Waals surface area (Å²) < 4.78 is 56.3. The summed E-state index contributed by atoms with van der Waals surface area (Å²) in [7, 11) is 1.34. The molecule has 1 aliphatic heterocycles. The van der Waals surface area contributed by atoms with Crippen molar-refractivity contribution in [2.75, 3.05) is 19.5 Å². The monoisotopic (exact) mass is 407 g/mol. The van der Waals surface area contributed by atoms with Gasteiger partial charge in [0.15, 0.2) is 0 Å². The molecule has 29 heavy (non-hydrogen) atoms. The molecule has 0 bridgehead atoms. The van der Waals surface area contributed by atoms with E-state index in [0.717, 1.165) is 11.6 Å². The van der Waals surface area contributed by atoms with Gasteiger partial charge < -0.3 is 19.9 Å². The van der Waals surface area contributed by atoms with Crippen molar-refractivity contribution in [3.05, 3.63) is 52.6 Å². The second kappa shape index (κ2) is 7.17. The van der Waals surface area contributed by atoms with Crippen LogP contribution in [-0.4, -0.2) is 19.7 Å². The van der Waals surface area contributed by atoms with E-state index in [-0.39, 0.29) is 30.3 Å².